The van der Waals surface area contributed by atoms with Crippen LogP contribution >= 0.6 is 0 Å². The maximum absolute atomic E-state index is 15.2. The molecule has 2 nitrogen and oxygen atoms in total. The van der Waals surface area contributed by atoms with E-state index < -0.39 is 23.4 Å². The van der Waals surface area contributed by atoms with E-state index >= 15 is 4.39 Å². The lowest BCUT2D eigenvalue weighted by Crippen LogP contribution is -2.09. The molecule has 1 saturated carbocycles. The second-order valence-electron chi connectivity index (χ2n) is 6.60. The summed E-state index contributed by atoms with van der Waals surface area (Å²) in [4.78, 5) is 10.9. The molecule has 2 aromatic carbocycles. The number of hydrogen-bond acceptors (Lipinski definition) is 1. The minimum absolute atomic E-state index is 0.0248. The molecule has 0 atom stereocenters. The summed E-state index contributed by atoms with van der Waals surface area (Å²) in [6, 6.07) is 4.40. The van der Waals surface area contributed by atoms with Gasteiger partial charge in [0.05, 0.1) is 0 Å². The van der Waals surface area contributed by atoms with Gasteiger partial charge in [0.25, 0.3) is 0 Å². The Hall–Kier alpha value is -2.30. The molecule has 0 saturated heterocycles. The first-order valence-electron chi connectivity index (χ1n) is 8.30. The van der Waals surface area contributed by atoms with Gasteiger partial charge in [0.1, 0.15) is 17.5 Å². The fourth-order valence-corrected chi connectivity index (χ4v) is 3.38. The Morgan fingerprint density at radius 2 is 1.80 bits per heavy atom. The van der Waals surface area contributed by atoms with Crippen molar-refractivity contribution in [2.75, 3.05) is 0 Å². The Morgan fingerprint density at radius 1 is 1.12 bits per heavy atom. The Morgan fingerprint density at radius 3 is 2.40 bits per heavy atom. The van der Waals surface area contributed by atoms with Gasteiger partial charge in [-0.25, -0.2) is 13.2 Å². The van der Waals surface area contributed by atoms with Crippen molar-refractivity contribution in [3.63, 3.8) is 0 Å². The highest BCUT2D eigenvalue weighted by Gasteiger charge is 2.33. The van der Waals surface area contributed by atoms with Gasteiger partial charge in [-0.2, -0.15) is 0 Å². The number of hydrogen-bond donors (Lipinski definition) is 1. The van der Waals surface area contributed by atoms with Crippen LogP contribution < -0.4 is 0 Å². The zero-order valence-corrected chi connectivity index (χ0v) is 14.1. The van der Waals surface area contributed by atoms with Crippen molar-refractivity contribution < 1.29 is 23.1 Å². The van der Waals surface area contributed by atoms with Crippen molar-refractivity contribution >= 4 is 5.97 Å². The van der Waals surface area contributed by atoms with Gasteiger partial charge in [0.2, 0.25) is 0 Å². The zero-order chi connectivity index (χ0) is 18.3. The lowest BCUT2D eigenvalue weighted by Gasteiger charge is -2.19. The van der Waals surface area contributed by atoms with Crippen LogP contribution in [-0.2, 0) is 11.2 Å². The lowest BCUT2D eigenvalue weighted by atomic mass is 9.87. The molecular formula is C20H19F3O2. The minimum Gasteiger partial charge on any atom is -0.481 e. The predicted octanol–water partition coefficient (Wildman–Crippen LogP) is 5.28. The molecule has 2 aromatic rings. The second-order valence-corrected chi connectivity index (χ2v) is 6.60. The average Bonchev–Trinajstić information content (AvgIpc) is 3.35. The van der Waals surface area contributed by atoms with E-state index in [1.807, 2.05) is 0 Å². The van der Waals surface area contributed by atoms with E-state index in [4.69, 9.17) is 5.11 Å². The SMILES string of the molecule is Cc1c(F)cccc1-c1c(C)c(C2CC2)c(F)c(CCC(=O)O)c1F. The molecule has 0 aliphatic heterocycles. The average molecular weight is 348 g/mol. The van der Waals surface area contributed by atoms with E-state index in [1.54, 1.807) is 19.9 Å². The Kier molecular flexibility index (Phi) is 4.58. The highest BCUT2D eigenvalue weighted by atomic mass is 19.1. The molecule has 1 N–H and O–H groups in total. The molecule has 0 amide bonds. The van der Waals surface area contributed by atoms with Gasteiger partial charge in [-0.05, 0) is 67.3 Å². The van der Waals surface area contributed by atoms with Crippen LogP contribution in [-0.4, -0.2) is 11.1 Å². The van der Waals surface area contributed by atoms with Crippen LogP contribution in [0.1, 0.15) is 47.4 Å². The molecule has 0 spiro atoms. The third-order valence-electron chi connectivity index (χ3n) is 4.88. The molecule has 5 heteroatoms. The highest BCUT2D eigenvalue weighted by Crippen LogP contribution is 2.47. The van der Waals surface area contributed by atoms with Crippen LogP contribution in [0, 0.1) is 31.3 Å². The molecular weight excluding hydrogens is 329 g/mol. The molecule has 0 heterocycles. The van der Waals surface area contributed by atoms with Crippen LogP contribution in [0.15, 0.2) is 18.2 Å². The first-order chi connectivity index (χ1) is 11.8. The van der Waals surface area contributed by atoms with Crippen molar-refractivity contribution in [3.05, 3.63) is 57.9 Å². The highest BCUT2D eigenvalue weighted by molar-refractivity contribution is 5.74. The van der Waals surface area contributed by atoms with E-state index in [2.05, 4.69) is 0 Å². The summed E-state index contributed by atoms with van der Waals surface area (Å²) >= 11 is 0. The number of aliphatic carboxylic acids is 1. The molecule has 0 bridgehead atoms. The molecule has 132 valence electrons. The van der Waals surface area contributed by atoms with Gasteiger partial charge >= 0.3 is 5.97 Å². The summed E-state index contributed by atoms with van der Waals surface area (Å²) in [5, 5.41) is 8.87. The third kappa shape index (κ3) is 3.15. The minimum atomic E-state index is -1.11. The quantitative estimate of drug-likeness (QED) is 0.798. The fourth-order valence-electron chi connectivity index (χ4n) is 3.38. The smallest absolute Gasteiger partial charge is 0.303 e. The zero-order valence-electron chi connectivity index (χ0n) is 14.1. The summed E-state index contributed by atoms with van der Waals surface area (Å²) in [6.07, 6.45) is 1.06. The topological polar surface area (TPSA) is 37.3 Å². The first-order valence-corrected chi connectivity index (χ1v) is 8.30. The van der Waals surface area contributed by atoms with Gasteiger partial charge in [0, 0.05) is 17.5 Å². The molecule has 25 heavy (non-hydrogen) atoms. The van der Waals surface area contributed by atoms with Gasteiger partial charge < -0.3 is 5.11 Å². The standard InChI is InChI=1S/C20H19F3O2/c1-10-13(4-3-5-15(10)21)18-11(2)17(12-6-7-12)19(22)14(20(18)23)8-9-16(24)25/h3-5,12H,6-9H2,1-2H3,(H,24,25). The van der Waals surface area contributed by atoms with Crippen molar-refractivity contribution in [1.82, 2.24) is 0 Å². The van der Waals surface area contributed by atoms with Gasteiger partial charge in [-0.15, -0.1) is 0 Å². The maximum Gasteiger partial charge on any atom is 0.303 e. The van der Waals surface area contributed by atoms with Crippen LogP contribution in [0.2, 0.25) is 0 Å². The number of benzene rings is 2. The normalized spacial score (nSPS) is 14.0. The number of halogens is 3. The molecule has 0 radical (unpaired) electrons. The molecule has 3 rings (SSSR count). The summed E-state index contributed by atoms with van der Waals surface area (Å²) in [5.41, 5.74) is 1.57. The fraction of sp³-hybridized carbons (Fsp3) is 0.350. The van der Waals surface area contributed by atoms with E-state index in [0.717, 1.165) is 12.8 Å². The van der Waals surface area contributed by atoms with Crippen molar-refractivity contribution in [1.29, 1.82) is 0 Å². The van der Waals surface area contributed by atoms with Crippen LogP contribution in [0.5, 0.6) is 0 Å². The number of rotatable bonds is 5. The van der Waals surface area contributed by atoms with Crippen LogP contribution in [0.25, 0.3) is 11.1 Å². The molecule has 0 aromatic heterocycles. The largest absolute Gasteiger partial charge is 0.481 e. The maximum atomic E-state index is 15.2. The Balaban J connectivity index is 2.27. The Labute approximate surface area is 144 Å². The van der Waals surface area contributed by atoms with Gasteiger partial charge in [-0.1, -0.05) is 12.1 Å². The van der Waals surface area contributed by atoms with Crippen LogP contribution in [0.4, 0.5) is 13.2 Å². The van der Waals surface area contributed by atoms with E-state index in [-0.39, 0.29) is 29.9 Å². The van der Waals surface area contributed by atoms with E-state index in [0.29, 0.717) is 22.3 Å². The lowest BCUT2D eigenvalue weighted by molar-refractivity contribution is -0.136. The summed E-state index contributed by atoms with van der Waals surface area (Å²) < 4.78 is 44.0. The van der Waals surface area contributed by atoms with Crippen molar-refractivity contribution in [2.24, 2.45) is 0 Å². The predicted molar refractivity (Wildman–Crippen MR) is 89.2 cm³/mol. The number of carboxylic acids is 1. The Bertz CT molecular complexity index is 855. The molecule has 1 fully saturated rings. The molecule has 0 unspecified atom stereocenters. The van der Waals surface area contributed by atoms with Crippen LogP contribution in [0.3, 0.4) is 0 Å². The molecule has 1 aliphatic carbocycles. The first kappa shape index (κ1) is 17.5. The van der Waals surface area contributed by atoms with E-state index in [1.165, 1.54) is 12.1 Å². The summed E-state index contributed by atoms with van der Waals surface area (Å²) in [5.74, 6) is -2.97. The number of carbonyl (C=O) groups is 1. The van der Waals surface area contributed by atoms with Crippen molar-refractivity contribution in [2.45, 2.75) is 45.4 Å². The van der Waals surface area contributed by atoms with E-state index in [9.17, 15) is 13.6 Å². The van der Waals surface area contributed by atoms with Gasteiger partial charge in [-0.3, -0.25) is 4.79 Å². The van der Waals surface area contributed by atoms with Gasteiger partial charge in [0.15, 0.2) is 0 Å². The van der Waals surface area contributed by atoms with Crippen molar-refractivity contribution in [3.8, 4) is 11.1 Å². The summed E-state index contributed by atoms with van der Waals surface area (Å²) in [7, 11) is 0. The third-order valence-corrected chi connectivity index (χ3v) is 4.88. The number of carboxylic acid groups (broad SMARTS) is 1. The summed E-state index contributed by atoms with van der Waals surface area (Å²) in [6.45, 7) is 3.21. The molecule has 1 aliphatic rings. The monoisotopic (exact) mass is 348 g/mol. The second kappa shape index (κ2) is 6.54.